The number of rotatable bonds is 5. The zero-order valence-corrected chi connectivity index (χ0v) is 19.2. The molecule has 0 aliphatic carbocycles. The number of hydrogen-bond acceptors (Lipinski definition) is 5. The molecule has 0 bridgehead atoms. The van der Waals surface area contributed by atoms with Crippen LogP contribution in [0.4, 0.5) is 0 Å². The Hall–Kier alpha value is -2.70. The van der Waals surface area contributed by atoms with Crippen LogP contribution in [0.5, 0.6) is 0 Å². The van der Waals surface area contributed by atoms with Gasteiger partial charge in [0.15, 0.2) is 6.10 Å². The third kappa shape index (κ3) is 4.97. The van der Waals surface area contributed by atoms with E-state index < -0.39 is 12.1 Å². The summed E-state index contributed by atoms with van der Waals surface area (Å²) < 4.78 is 7.24. The van der Waals surface area contributed by atoms with Gasteiger partial charge >= 0.3 is 5.97 Å². The van der Waals surface area contributed by atoms with E-state index in [-0.39, 0.29) is 29.1 Å². The molecule has 3 rings (SSSR count). The molecule has 0 saturated carbocycles. The average Bonchev–Trinajstić information content (AvgIpc) is 2.68. The number of carbonyl (C=O) groups is 2. The summed E-state index contributed by atoms with van der Waals surface area (Å²) in [4.78, 5) is 44.8. The standard InChI is InChI=1S/C24H33N3O4/c1-15(2)27(16(3)4)22(28)17(5)31-24(30)18-11-12-19-20(14-18)25-21-10-8-6-7-9-13-26(21)23(19)29/h11-12,14-17H,6-10,13H2,1-5H3/t17-/m1/s1. The summed E-state index contributed by atoms with van der Waals surface area (Å²) in [5.74, 6) is -0.0449. The Morgan fingerprint density at radius 1 is 1.03 bits per heavy atom. The molecule has 7 nitrogen and oxygen atoms in total. The van der Waals surface area contributed by atoms with Crippen molar-refractivity contribution in [2.45, 2.75) is 91.5 Å². The molecule has 1 amide bonds. The van der Waals surface area contributed by atoms with Crippen LogP contribution < -0.4 is 5.56 Å². The van der Waals surface area contributed by atoms with E-state index in [1.54, 1.807) is 34.6 Å². The van der Waals surface area contributed by atoms with Crippen LogP contribution in [0.2, 0.25) is 0 Å². The fourth-order valence-electron chi connectivity index (χ4n) is 4.32. The molecule has 0 saturated heterocycles. The van der Waals surface area contributed by atoms with E-state index in [1.807, 2.05) is 27.7 Å². The quantitative estimate of drug-likeness (QED) is 0.680. The molecule has 2 aromatic rings. The van der Waals surface area contributed by atoms with Crippen molar-refractivity contribution in [2.75, 3.05) is 0 Å². The second kappa shape index (κ2) is 9.62. The number of aryl methyl sites for hydroxylation is 1. The van der Waals surface area contributed by atoms with Crippen molar-refractivity contribution in [2.24, 2.45) is 0 Å². The lowest BCUT2D eigenvalue weighted by atomic mass is 10.1. The molecule has 1 atom stereocenters. The second-order valence-corrected chi connectivity index (χ2v) is 8.86. The number of carbonyl (C=O) groups excluding carboxylic acids is 2. The highest BCUT2D eigenvalue weighted by Gasteiger charge is 2.28. The molecule has 1 aromatic carbocycles. The number of hydrogen-bond donors (Lipinski definition) is 0. The topological polar surface area (TPSA) is 81.5 Å². The summed E-state index contributed by atoms with van der Waals surface area (Å²) >= 11 is 0. The van der Waals surface area contributed by atoms with E-state index in [0.29, 0.717) is 17.4 Å². The number of benzene rings is 1. The number of aromatic nitrogens is 2. The predicted molar refractivity (Wildman–Crippen MR) is 120 cm³/mol. The van der Waals surface area contributed by atoms with Crippen LogP contribution in [-0.4, -0.2) is 44.5 Å². The second-order valence-electron chi connectivity index (χ2n) is 8.86. The first-order valence-electron chi connectivity index (χ1n) is 11.3. The summed E-state index contributed by atoms with van der Waals surface area (Å²) in [6.45, 7) is 10.0. The zero-order chi connectivity index (χ0) is 22.7. The first-order chi connectivity index (χ1) is 14.7. The van der Waals surface area contributed by atoms with E-state index >= 15 is 0 Å². The summed E-state index contributed by atoms with van der Waals surface area (Å²) in [7, 11) is 0. The van der Waals surface area contributed by atoms with Crippen molar-refractivity contribution < 1.29 is 14.3 Å². The van der Waals surface area contributed by atoms with Crippen LogP contribution in [0, 0.1) is 0 Å². The fraction of sp³-hybridized carbons (Fsp3) is 0.583. The van der Waals surface area contributed by atoms with Crippen LogP contribution in [0.25, 0.3) is 10.9 Å². The maximum Gasteiger partial charge on any atom is 0.338 e. The predicted octanol–water partition coefficient (Wildman–Crippen LogP) is 3.70. The molecule has 0 N–H and O–H groups in total. The lowest BCUT2D eigenvalue weighted by molar-refractivity contribution is -0.143. The highest BCUT2D eigenvalue weighted by molar-refractivity contribution is 5.95. The van der Waals surface area contributed by atoms with Crippen molar-refractivity contribution in [1.82, 2.24) is 14.5 Å². The van der Waals surface area contributed by atoms with Crippen molar-refractivity contribution in [3.63, 3.8) is 0 Å². The molecule has 0 fully saturated rings. The highest BCUT2D eigenvalue weighted by Crippen LogP contribution is 2.18. The molecule has 0 spiro atoms. The van der Waals surface area contributed by atoms with Crippen molar-refractivity contribution in [3.05, 3.63) is 39.9 Å². The number of amides is 1. The van der Waals surface area contributed by atoms with E-state index in [9.17, 15) is 14.4 Å². The maximum absolute atomic E-state index is 12.9. The largest absolute Gasteiger partial charge is 0.449 e. The average molecular weight is 428 g/mol. The molecule has 1 aromatic heterocycles. The Balaban J connectivity index is 1.85. The van der Waals surface area contributed by atoms with Crippen LogP contribution in [0.1, 0.15) is 76.5 Å². The molecule has 0 radical (unpaired) electrons. The van der Waals surface area contributed by atoms with Gasteiger partial charge in [-0.3, -0.25) is 14.2 Å². The lowest BCUT2D eigenvalue weighted by Crippen LogP contribution is -2.47. The SMILES string of the molecule is CC(C)N(C(=O)[C@@H](C)OC(=O)c1ccc2c(=O)n3c(nc2c1)CCCCCC3)C(C)C. The van der Waals surface area contributed by atoms with E-state index in [2.05, 4.69) is 0 Å². The summed E-state index contributed by atoms with van der Waals surface area (Å²) in [6, 6.07) is 4.81. The number of esters is 1. The van der Waals surface area contributed by atoms with Crippen LogP contribution in [0.3, 0.4) is 0 Å². The van der Waals surface area contributed by atoms with Gasteiger partial charge in [0, 0.05) is 25.0 Å². The van der Waals surface area contributed by atoms with Gasteiger partial charge in [0.1, 0.15) is 5.82 Å². The van der Waals surface area contributed by atoms with Crippen LogP contribution >= 0.6 is 0 Å². The number of nitrogens with zero attached hydrogens (tertiary/aromatic N) is 3. The van der Waals surface area contributed by atoms with Gasteiger partial charge in [-0.25, -0.2) is 9.78 Å². The number of ether oxygens (including phenoxy) is 1. The normalized spacial score (nSPS) is 15.3. The first-order valence-corrected chi connectivity index (χ1v) is 11.3. The molecule has 0 unspecified atom stereocenters. The van der Waals surface area contributed by atoms with Gasteiger partial charge in [-0.1, -0.05) is 12.8 Å². The van der Waals surface area contributed by atoms with Gasteiger partial charge in [-0.05, 0) is 65.7 Å². The molecule has 7 heteroatoms. The summed E-state index contributed by atoms with van der Waals surface area (Å²) in [5.41, 5.74) is 0.724. The Kier molecular flexibility index (Phi) is 7.13. The molecular formula is C24H33N3O4. The van der Waals surface area contributed by atoms with Gasteiger partial charge in [0.25, 0.3) is 11.5 Å². The van der Waals surface area contributed by atoms with Gasteiger partial charge in [0.2, 0.25) is 0 Å². The van der Waals surface area contributed by atoms with E-state index in [0.717, 1.165) is 37.9 Å². The smallest absolute Gasteiger partial charge is 0.338 e. The maximum atomic E-state index is 12.9. The number of fused-ring (bicyclic) bond motifs is 2. The van der Waals surface area contributed by atoms with Crippen molar-refractivity contribution in [1.29, 1.82) is 0 Å². The Bertz CT molecular complexity index is 1020. The lowest BCUT2D eigenvalue weighted by Gasteiger charge is -2.32. The minimum atomic E-state index is -0.901. The molecule has 2 heterocycles. The first kappa shape index (κ1) is 23.0. The van der Waals surface area contributed by atoms with Crippen molar-refractivity contribution >= 4 is 22.8 Å². The Morgan fingerprint density at radius 3 is 2.39 bits per heavy atom. The fourth-order valence-corrected chi connectivity index (χ4v) is 4.32. The van der Waals surface area contributed by atoms with Crippen LogP contribution in [-0.2, 0) is 22.5 Å². The Labute approximate surface area is 183 Å². The van der Waals surface area contributed by atoms with E-state index in [1.165, 1.54) is 0 Å². The van der Waals surface area contributed by atoms with E-state index in [4.69, 9.17) is 9.72 Å². The zero-order valence-electron chi connectivity index (χ0n) is 19.2. The molecule has 1 aliphatic heterocycles. The van der Waals surface area contributed by atoms with Crippen molar-refractivity contribution in [3.8, 4) is 0 Å². The third-order valence-electron chi connectivity index (χ3n) is 5.80. The van der Waals surface area contributed by atoms with Gasteiger partial charge in [-0.15, -0.1) is 0 Å². The highest BCUT2D eigenvalue weighted by atomic mass is 16.5. The minimum Gasteiger partial charge on any atom is -0.449 e. The summed E-state index contributed by atoms with van der Waals surface area (Å²) in [6.07, 6.45) is 4.09. The van der Waals surface area contributed by atoms with Crippen LogP contribution in [0.15, 0.2) is 23.0 Å². The summed E-state index contributed by atoms with van der Waals surface area (Å²) in [5, 5.41) is 0.496. The van der Waals surface area contributed by atoms with Gasteiger partial charge in [-0.2, -0.15) is 0 Å². The molecular weight excluding hydrogens is 394 g/mol. The molecule has 168 valence electrons. The molecule has 1 aliphatic rings. The monoisotopic (exact) mass is 427 g/mol. The van der Waals surface area contributed by atoms with Gasteiger partial charge < -0.3 is 9.64 Å². The minimum absolute atomic E-state index is 0.00551. The third-order valence-corrected chi connectivity index (χ3v) is 5.80. The molecule has 31 heavy (non-hydrogen) atoms. The Morgan fingerprint density at radius 2 is 1.71 bits per heavy atom. The van der Waals surface area contributed by atoms with Gasteiger partial charge in [0.05, 0.1) is 16.5 Å².